The summed E-state index contributed by atoms with van der Waals surface area (Å²) in [6.07, 6.45) is 0.750. The van der Waals surface area contributed by atoms with Gasteiger partial charge in [-0.3, -0.25) is 0 Å². The zero-order chi connectivity index (χ0) is 12.7. The van der Waals surface area contributed by atoms with Crippen molar-refractivity contribution in [2.75, 3.05) is 46.5 Å². The normalized spacial score (nSPS) is 25.1. The molecule has 0 amide bonds. The smallest absolute Gasteiger partial charge is 0.0900 e. The molecule has 3 N–H and O–H groups in total. The Labute approximate surface area is 104 Å². The Balaban J connectivity index is 2.10. The molecule has 1 aliphatic rings. The molecule has 17 heavy (non-hydrogen) atoms. The van der Waals surface area contributed by atoms with E-state index in [1.165, 1.54) is 0 Å². The van der Waals surface area contributed by atoms with E-state index in [1.54, 1.807) is 7.11 Å². The molecule has 0 aromatic carbocycles. The van der Waals surface area contributed by atoms with Crippen molar-refractivity contribution < 1.29 is 14.6 Å². The highest BCUT2D eigenvalue weighted by Gasteiger charge is 2.23. The molecule has 1 rings (SSSR count). The maximum absolute atomic E-state index is 9.85. The quantitative estimate of drug-likeness (QED) is 0.614. The number of hydrogen-bond acceptors (Lipinski definition) is 5. The summed E-state index contributed by atoms with van der Waals surface area (Å²) in [5, 5.41) is 9.85. The zero-order valence-electron chi connectivity index (χ0n) is 11.0. The first-order valence-corrected chi connectivity index (χ1v) is 6.36. The van der Waals surface area contributed by atoms with Gasteiger partial charge in [-0.25, -0.2) is 0 Å². The third-order valence-corrected chi connectivity index (χ3v) is 3.15. The Morgan fingerprint density at radius 2 is 2.24 bits per heavy atom. The number of aliphatic hydroxyl groups is 1. The molecule has 1 saturated heterocycles. The van der Waals surface area contributed by atoms with Gasteiger partial charge in [-0.15, -0.1) is 0 Å². The summed E-state index contributed by atoms with van der Waals surface area (Å²) in [6.45, 7) is 6.33. The van der Waals surface area contributed by atoms with Crippen LogP contribution in [0.5, 0.6) is 0 Å². The average Bonchev–Trinajstić information content (AvgIpc) is 2.74. The van der Waals surface area contributed by atoms with Crippen LogP contribution < -0.4 is 5.73 Å². The average molecular weight is 246 g/mol. The fourth-order valence-electron chi connectivity index (χ4n) is 2.18. The van der Waals surface area contributed by atoms with Crippen LogP contribution in [0.25, 0.3) is 0 Å². The van der Waals surface area contributed by atoms with Gasteiger partial charge in [0.05, 0.1) is 25.4 Å². The topological polar surface area (TPSA) is 68.0 Å². The predicted octanol–water partition coefficient (Wildman–Crippen LogP) is -0.321. The van der Waals surface area contributed by atoms with Crippen molar-refractivity contribution >= 4 is 0 Å². The van der Waals surface area contributed by atoms with E-state index in [4.69, 9.17) is 15.2 Å². The van der Waals surface area contributed by atoms with E-state index >= 15 is 0 Å². The molecule has 0 bridgehead atoms. The third kappa shape index (κ3) is 5.79. The molecule has 0 aliphatic carbocycles. The minimum absolute atomic E-state index is 0.0324. The molecule has 0 radical (unpaired) electrons. The van der Waals surface area contributed by atoms with E-state index in [1.807, 2.05) is 6.92 Å². The Hall–Kier alpha value is -0.200. The highest BCUT2D eigenvalue weighted by Crippen LogP contribution is 2.14. The van der Waals surface area contributed by atoms with E-state index < -0.39 is 6.10 Å². The van der Waals surface area contributed by atoms with Gasteiger partial charge in [0.25, 0.3) is 0 Å². The second-order valence-electron chi connectivity index (χ2n) is 4.90. The molecule has 1 aliphatic heterocycles. The lowest BCUT2D eigenvalue weighted by Gasteiger charge is -2.21. The number of hydrogen-bond donors (Lipinski definition) is 2. The van der Waals surface area contributed by atoms with Crippen molar-refractivity contribution in [1.82, 2.24) is 4.90 Å². The number of nitrogens with two attached hydrogens (primary N) is 1. The fraction of sp³-hybridized carbons (Fsp3) is 1.00. The largest absolute Gasteiger partial charge is 0.389 e. The number of β-amino-alcohol motifs (C(OH)–C–C–N with tert-alkyl or cyclic N) is 1. The zero-order valence-corrected chi connectivity index (χ0v) is 11.0. The summed E-state index contributed by atoms with van der Waals surface area (Å²) in [6, 6.07) is 0. The second-order valence-corrected chi connectivity index (χ2v) is 4.90. The maximum atomic E-state index is 9.85. The summed E-state index contributed by atoms with van der Waals surface area (Å²) < 4.78 is 10.4. The number of likely N-dealkylation sites (tertiary alicyclic amines) is 1. The van der Waals surface area contributed by atoms with Crippen LogP contribution in [0.15, 0.2) is 0 Å². The van der Waals surface area contributed by atoms with Gasteiger partial charge in [0.15, 0.2) is 0 Å². The number of ether oxygens (including phenoxy) is 2. The molecule has 3 atom stereocenters. The SMILES string of the molecule is COCC(C)OCC(O)CN1CCC(CN)C1. The molecule has 1 fully saturated rings. The van der Waals surface area contributed by atoms with Gasteiger partial charge in [0, 0.05) is 20.2 Å². The molecule has 0 aromatic rings. The van der Waals surface area contributed by atoms with Crippen molar-refractivity contribution in [2.24, 2.45) is 11.7 Å². The molecule has 1 heterocycles. The number of rotatable bonds is 8. The molecule has 3 unspecified atom stereocenters. The Bertz CT molecular complexity index is 204. The molecule has 5 heteroatoms. The van der Waals surface area contributed by atoms with Crippen molar-refractivity contribution in [3.63, 3.8) is 0 Å². The number of methoxy groups -OCH3 is 1. The van der Waals surface area contributed by atoms with Gasteiger partial charge in [0.2, 0.25) is 0 Å². The van der Waals surface area contributed by atoms with Crippen LogP contribution in [0, 0.1) is 5.92 Å². The minimum Gasteiger partial charge on any atom is -0.389 e. The minimum atomic E-state index is -0.425. The molecule has 5 nitrogen and oxygen atoms in total. The van der Waals surface area contributed by atoms with Gasteiger partial charge in [-0.1, -0.05) is 0 Å². The van der Waals surface area contributed by atoms with Crippen molar-refractivity contribution in [1.29, 1.82) is 0 Å². The molecule has 0 aromatic heterocycles. The van der Waals surface area contributed by atoms with Crippen molar-refractivity contribution in [2.45, 2.75) is 25.6 Å². The van der Waals surface area contributed by atoms with E-state index in [0.29, 0.717) is 25.7 Å². The molecular formula is C12H26N2O3. The molecular weight excluding hydrogens is 220 g/mol. The Morgan fingerprint density at radius 3 is 2.82 bits per heavy atom. The summed E-state index contributed by atoms with van der Waals surface area (Å²) >= 11 is 0. The van der Waals surface area contributed by atoms with E-state index in [0.717, 1.165) is 26.1 Å². The van der Waals surface area contributed by atoms with Crippen LogP contribution in [-0.2, 0) is 9.47 Å². The van der Waals surface area contributed by atoms with Crippen LogP contribution in [0.4, 0.5) is 0 Å². The summed E-state index contributed by atoms with van der Waals surface area (Å²) in [7, 11) is 1.65. The van der Waals surface area contributed by atoms with Crippen molar-refractivity contribution in [3.8, 4) is 0 Å². The molecule has 102 valence electrons. The number of nitrogens with zero attached hydrogens (tertiary/aromatic N) is 1. The lowest BCUT2D eigenvalue weighted by Crippen LogP contribution is -2.35. The first-order chi connectivity index (χ1) is 8.15. The highest BCUT2D eigenvalue weighted by atomic mass is 16.5. The molecule has 0 spiro atoms. The van der Waals surface area contributed by atoms with Crippen molar-refractivity contribution in [3.05, 3.63) is 0 Å². The predicted molar refractivity (Wildman–Crippen MR) is 66.9 cm³/mol. The van der Waals surface area contributed by atoms with Crippen LogP contribution in [0.2, 0.25) is 0 Å². The second kappa shape index (κ2) is 8.00. The van der Waals surface area contributed by atoms with Gasteiger partial charge in [0.1, 0.15) is 0 Å². The highest BCUT2D eigenvalue weighted by molar-refractivity contribution is 4.77. The van der Waals surface area contributed by atoms with E-state index in [-0.39, 0.29) is 6.10 Å². The third-order valence-electron chi connectivity index (χ3n) is 3.15. The lowest BCUT2D eigenvalue weighted by atomic mass is 10.1. The first kappa shape index (κ1) is 14.9. The first-order valence-electron chi connectivity index (χ1n) is 6.36. The standard InChI is InChI=1S/C12H26N2O3/c1-10(8-16-2)17-9-12(15)7-14-4-3-11(5-13)6-14/h10-12,15H,3-9,13H2,1-2H3. The summed E-state index contributed by atoms with van der Waals surface area (Å²) in [5.74, 6) is 0.593. The lowest BCUT2D eigenvalue weighted by molar-refractivity contribution is -0.0384. The monoisotopic (exact) mass is 246 g/mol. The van der Waals surface area contributed by atoms with Crippen LogP contribution in [-0.4, -0.2) is 68.7 Å². The van der Waals surface area contributed by atoms with E-state index in [2.05, 4.69) is 4.90 Å². The van der Waals surface area contributed by atoms with E-state index in [9.17, 15) is 5.11 Å². The van der Waals surface area contributed by atoms with Gasteiger partial charge in [-0.05, 0) is 32.4 Å². The summed E-state index contributed by atoms with van der Waals surface area (Å²) in [4.78, 5) is 2.26. The van der Waals surface area contributed by atoms with Crippen LogP contribution in [0.1, 0.15) is 13.3 Å². The van der Waals surface area contributed by atoms with Gasteiger partial charge in [-0.2, -0.15) is 0 Å². The van der Waals surface area contributed by atoms with Crippen LogP contribution >= 0.6 is 0 Å². The Kier molecular flexibility index (Phi) is 6.99. The van der Waals surface area contributed by atoms with Gasteiger partial charge >= 0.3 is 0 Å². The van der Waals surface area contributed by atoms with Crippen LogP contribution in [0.3, 0.4) is 0 Å². The summed E-state index contributed by atoms with van der Waals surface area (Å²) in [5.41, 5.74) is 5.63. The van der Waals surface area contributed by atoms with Gasteiger partial charge < -0.3 is 25.2 Å². The Morgan fingerprint density at radius 1 is 1.47 bits per heavy atom. The molecule has 0 saturated carbocycles. The fourth-order valence-corrected chi connectivity index (χ4v) is 2.18. The maximum Gasteiger partial charge on any atom is 0.0900 e. The number of aliphatic hydroxyl groups excluding tert-OH is 1.